The number of hydrogen-bond donors (Lipinski definition) is 0. The number of carbonyl (C=O) groups is 2. The molecule has 0 N–H and O–H groups in total. The number of esters is 1. The Kier molecular flexibility index (Phi) is 5.02. The molecule has 1 saturated heterocycles. The molecule has 0 unspecified atom stereocenters. The summed E-state index contributed by atoms with van der Waals surface area (Å²) >= 11 is 1.45. The average Bonchev–Trinajstić information content (AvgIpc) is 3.10. The zero-order valence-corrected chi connectivity index (χ0v) is 16.4. The Morgan fingerprint density at radius 2 is 1.85 bits per heavy atom. The lowest BCUT2D eigenvalue weighted by atomic mass is 9.91. The van der Waals surface area contributed by atoms with Crippen LogP contribution in [-0.2, 0) is 27.1 Å². The average molecular weight is 385 g/mol. The van der Waals surface area contributed by atoms with Crippen molar-refractivity contribution in [3.05, 3.63) is 46.3 Å². The molecule has 5 nitrogen and oxygen atoms in total. The predicted octanol–water partition coefficient (Wildman–Crippen LogP) is 3.31. The largest absolute Gasteiger partial charge is 0.451 e. The number of hydrogen-bond acceptors (Lipinski definition) is 5. The van der Waals surface area contributed by atoms with Crippen molar-refractivity contribution in [3.8, 4) is 10.4 Å². The SMILES string of the molecule is C[C@H]1CN(C(=O)COC(=O)c2cc3c(s2)-c2ccccc2CC3)C[C@H](C)O1. The van der Waals surface area contributed by atoms with E-state index in [1.54, 1.807) is 4.90 Å². The third-order valence-corrected chi connectivity index (χ3v) is 6.23. The van der Waals surface area contributed by atoms with Crippen molar-refractivity contribution in [2.75, 3.05) is 19.7 Å². The fourth-order valence-electron chi connectivity index (χ4n) is 3.84. The smallest absolute Gasteiger partial charge is 0.348 e. The van der Waals surface area contributed by atoms with Crippen LogP contribution in [0.1, 0.15) is 34.6 Å². The van der Waals surface area contributed by atoms with E-state index < -0.39 is 5.97 Å². The third kappa shape index (κ3) is 3.77. The molecule has 0 saturated carbocycles. The maximum Gasteiger partial charge on any atom is 0.348 e. The minimum absolute atomic E-state index is 0.00232. The van der Waals surface area contributed by atoms with Crippen molar-refractivity contribution in [1.29, 1.82) is 0 Å². The van der Waals surface area contributed by atoms with Gasteiger partial charge in [-0.1, -0.05) is 24.3 Å². The zero-order chi connectivity index (χ0) is 19.0. The number of ether oxygens (including phenoxy) is 2. The van der Waals surface area contributed by atoms with Gasteiger partial charge in [0, 0.05) is 18.0 Å². The van der Waals surface area contributed by atoms with Crippen LogP contribution in [-0.4, -0.2) is 48.7 Å². The number of thiophene rings is 1. The van der Waals surface area contributed by atoms with Crippen LogP contribution in [0.3, 0.4) is 0 Å². The van der Waals surface area contributed by atoms with Crippen molar-refractivity contribution in [3.63, 3.8) is 0 Å². The van der Waals surface area contributed by atoms with E-state index in [0.29, 0.717) is 18.0 Å². The molecule has 2 aromatic rings. The number of nitrogens with zero attached hydrogens (tertiary/aromatic N) is 1. The summed E-state index contributed by atoms with van der Waals surface area (Å²) in [6.07, 6.45) is 1.91. The molecule has 1 amide bonds. The summed E-state index contributed by atoms with van der Waals surface area (Å²) in [5.41, 5.74) is 3.71. The third-order valence-electron chi connectivity index (χ3n) is 5.03. The monoisotopic (exact) mass is 385 g/mol. The second-order valence-electron chi connectivity index (χ2n) is 7.25. The molecule has 1 aliphatic carbocycles. The summed E-state index contributed by atoms with van der Waals surface area (Å²) < 4.78 is 11.0. The summed E-state index contributed by atoms with van der Waals surface area (Å²) in [5.74, 6) is -0.591. The minimum atomic E-state index is -0.422. The Bertz CT molecular complexity index is 865. The Morgan fingerprint density at radius 1 is 1.15 bits per heavy atom. The van der Waals surface area contributed by atoms with Crippen molar-refractivity contribution in [1.82, 2.24) is 4.90 Å². The van der Waals surface area contributed by atoms with Crippen molar-refractivity contribution < 1.29 is 19.1 Å². The molecule has 27 heavy (non-hydrogen) atoms. The first kappa shape index (κ1) is 18.2. The summed E-state index contributed by atoms with van der Waals surface area (Å²) in [4.78, 5) is 28.3. The van der Waals surface area contributed by atoms with Crippen LogP contribution in [0.4, 0.5) is 0 Å². The van der Waals surface area contributed by atoms with Gasteiger partial charge >= 0.3 is 5.97 Å². The summed E-state index contributed by atoms with van der Waals surface area (Å²) in [7, 11) is 0. The van der Waals surface area contributed by atoms with Gasteiger partial charge in [0.2, 0.25) is 0 Å². The van der Waals surface area contributed by atoms with Crippen LogP contribution >= 0.6 is 11.3 Å². The Morgan fingerprint density at radius 3 is 2.63 bits per heavy atom. The maximum absolute atomic E-state index is 12.5. The number of rotatable bonds is 3. The molecule has 1 aromatic heterocycles. The van der Waals surface area contributed by atoms with Gasteiger partial charge in [-0.25, -0.2) is 4.79 Å². The van der Waals surface area contributed by atoms with Gasteiger partial charge in [0.05, 0.1) is 12.2 Å². The van der Waals surface area contributed by atoms with Gasteiger partial charge in [-0.15, -0.1) is 11.3 Å². The first-order valence-corrected chi connectivity index (χ1v) is 10.1. The molecule has 0 spiro atoms. The summed E-state index contributed by atoms with van der Waals surface area (Å²) in [5, 5.41) is 0. The number of carbonyl (C=O) groups excluding carboxylic acids is 2. The Hall–Kier alpha value is -2.18. The van der Waals surface area contributed by atoms with Crippen LogP contribution in [0.5, 0.6) is 0 Å². The Labute approximate surface area is 162 Å². The van der Waals surface area contributed by atoms with E-state index >= 15 is 0 Å². The van der Waals surface area contributed by atoms with E-state index in [2.05, 4.69) is 12.1 Å². The number of aryl methyl sites for hydroxylation is 2. The number of fused-ring (bicyclic) bond motifs is 3. The van der Waals surface area contributed by atoms with Crippen LogP contribution in [0.25, 0.3) is 10.4 Å². The van der Waals surface area contributed by atoms with E-state index in [1.165, 1.54) is 28.0 Å². The van der Waals surface area contributed by atoms with Gasteiger partial charge in [-0.3, -0.25) is 4.79 Å². The van der Waals surface area contributed by atoms with Gasteiger partial charge in [0.15, 0.2) is 6.61 Å². The van der Waals surface area contributed by atoms with Gasteiger partial charge in [-0.05, 0) is 49.4 Å². The predicted molar refractivity (Wildman–Crippen MR) is 104 cm³/mol. The van der Waals surface area contributed by atoms with Crippen LogP contribution in [0.15, 0.2) is 30.3 Å². The highest BCUT2D eigenvalue weighted by molar-refractivity contribution is 7.17. The van der Waals surface area contributed by atoms with Crippen LogP contribution in [0.2, 0.25) is 0 Å². The number of morpholine rings is 1. The Balaban J connectivity index is 1.41. The van der Waals surface area contributed by atoms with E-state index in [-0.39, 0.29) is 24.7 Å². The van der Waals surface area contributed by atoms with Crippen LogP contribution in [0, 0.1) is 0 Å². The highest BCUT2D eigenvalue weighted by atomic mass is 32.1. The second kappa shape index (κ2) is 7.44. The molecule has 6 heteroatoms. The molecule has 4 rings (SSSR count). The van der Waals surface area contributed by atoms with E-state index in [9.17, 15) is 9.59 Å². The molecule has 142 valence electrons. The van der Waals surface area contributed by atoms with E-state index in [0.717, 1.165) is 17.7 Å². The standard InChI is InChI=1S/C21H23NO4S/c1-13-10-22(11-14(2)26-13)19(23)12-25-21(24)18-9-16-8-7-15-5-3-4-6-17(15)20(16)27-18/h3-6,9,13-14H,7-8,10-12H2,1-2H3/t13-,14-/m0/s1. The molecular formula is C21H23NO4S. The molecule has 1 aromatic carbocycles. The fourth-order valence-corrected chi connectivity index (χ4v) is 5.01. The molecule has 2 aliphatic rings. The van der Waals surface area contributed by atoms with E-state index in [4.69, 9.17) is 9.47 Å². The second-order valence-corrected chi connectivity index (χ2v) is 8.31. The number of benzene rings is 1. The lowest BCUT2D eigenvalue weighted by molar-refractivity contribution is -0.146. The first-order chi connectivity index (χ1) is 13.0. The minimum Gasteiger partial charge on any atom is -0.451 e. The van der Waals surface area contributed by atoms with Gasteiger partial charge < -0.3 is 14.4 Å². The van der Waals surface area contributed by atoms with E-state index in [1.807, 2.05) is 32.0 Å². The highest BCUT2D eigenvalue weighted by Gasteiger charge is 2.27. The zero-order valence-electron chi connectivity index (χ0n) is 15.6. The van der Waals surface area contributed by atoms with Crippen molar-refractivity contribution in [2.45, 2.75) is 38.9 Å². The summed E-state index contributed by atoms with van der Waals surface area (Å²) in [6.45, 7) is 4.72. The number of amides is 1. The molecule has 0 radical (unpaired) electrons. The quantitative estimate of drug-likeness (QED) is 0.761. The van der Waals surface area contributed by atoms with Gasteiger partial charge in [0.25, 0.3) is 5.91 Å². The van der Waals surface area contributed by atoms with Gasteiger partial charge in [0.1, 0.15) is 4.88 Å². The highest BCUT2D eigenvalue weighted by Crippen LogP contribution is 2.39. The van der Waals surface area contributed by atoms with Gasteiger partial charge in [-0.2, -0.15) is 0 Å². The lowest BCUT2D eigenvalue weighted by Gasteiger charge is -2.35. The normalized spacial score (nSPS) is 21.3. The molecule has 1 fully saturated rings. The molecule has 0 bridgehead atoms. The molecular weight excluding hydrogens is 362 g/mol. The van der Waals surface area contributed by atoms with Crippen LogP contribution < -0.4 is 0 Å². The van der Waals surface area contributed by atoms with Crippen molar-refractivity contribution in [2.24, 2.45) is 0 Å². The maximum atomic E-state index is 12.5. The summed E-state index contributed by atoms with van der Waals surface area (Å²) in [6, 6.07) is 10.2. The molecule has 2 atom stereocenters. The first-order valence-electron chi connectivity index (χ1n) is 9.32. The topological polar surface area (TPSA) is 55.8 Å². The molecule has 2 heterocycles. The fraction of sp³-hybridized carbons (Fsp3) is 0.429. The van der Waals surface area contributed by atoms with Crippen molar-refractivity contribution >= 4 is 23.2 Å². The lowest BCUT2D eigenvalue weighted by Crippen LogP contribution is -2.49. The molecule has 1 aliphatic heterocycles.